The molecule has 3 amide bonds. The van der Waals surface area contributed by atoms with E-state index in [0.29, 0.717) is 13.0 Å². The molecule has 12 heteroatoms. The first-order valence-electron chi connectivity index (χ1n) is 12.2. The zero-order valence-corrected chi connectivity index (χ0v) is 19.6. The average molecular weight is 519 g/mol. The number of nitrogens with zero attached hydrogens (tertiary/aromatic N) is 2. The third-order valence-corrected chi connectivity index (χ3v) is 7.76. The second-order valence-corrected chi connectivity index (χ2v) is 9.95. The Morgan fingerprint density at radius 1 is 1.24 bits per heavy atom. The van der Waals surface area contributed by atoms with E-state index in [0.717, 1.165) is 4.90 Å². The third-order valence-electron chi connectivity index (χ3n) is 7.76. The first-order valence-corrected chi connectivity index (χ1v) is 12.2. The van der Waals surface area contributed by atoms with Gasteiger partial charge >= 0.3 is 0 Å². The Balaban J connectivity index is 1.44. The van der Waals surface area contributed by atoms with Gasteiger partial charge in [-0.1, -0.05) is 12.1 Å². The van der Waals surface area contributed by atoms with Crippen LogP contribution in [-0.2, 0) is 9.59 Å². The number of H-pyrrole nitrogens is 1. The lowest BCUT2D eigenvalue weighted by atomic mass is 9.71. The van der Waals surface area contributed by atoms with Gasteiger partial charge in [-0.05, 0) is 37.8 Å². The van der Waals surface area contributed by atoms with Crippen molar-refractivity contribution in [2.75, 3.05) is 6.54 Å². The molecular weight excluding hydrogens is 494 g/mol. The summed E-state index contributed by atoms with van der Waals surface area (Å²) in [6, 6.07) is 3.75. The second kappa shape index (κ2) is 9.36. The molecule has 1 aromatic heterocycles. The number of piperidine rings is 2. The van der Waals surface area contributed by atoms with E-state index >= 15 is 0 Å². The molecule has 4 fully saturated rings. The second-order valence-electron chi connectivity index (χ2n) is 9.95. The fourth-order valence-electron chi connectivity index (χ4n) is 5.98. The largest absolute Gasteiger partial charge is 0.356 e. The van der Waals surface area contributed by atoms with Crippen molar-refractivity contribution in [1.82, 2.24) is 20.5 Å². The number of benzene rings is 1. The van der Waals surface area contributed by atoms with Gasteiger partial charge in [0.05, 0.1) is 12.0 Å². The van der Waals surface area contributed by atoms with Crippen molar-refractivity contribution >= 4 is 28.6 Å². The van der Waals surface area contributed by atoms with Crippen LogP contribution in [0.5, 0.6) is 0 Å². The molecule has 1 saturated carbocycles. The van der Waals surface area contributed by atoms with E-state index in [1.54, 1.807) is 0 Å². The van der Waals surface area contributed by atoms with Crippen molar-refractivity contribution < 1.29 is 31.9 Å². The maximum atomic E-state index is 14.9. The molecule has 1 aromatic carbocycles. The molecule has 196 valence electrons. The highest BCUT2D eigenvalue weighted by molar-refractivity contribution is 6.01. The lowest BCUT2D eigenvalue weighted by Crippen LogP contribution is -2.68. The molecule has 0 unspecified atom stereocenters. The molecule has 5 atom stereocenters. The molecule has 3 saturated heterocycles. The summed E-state index contributed by atoms with van der Waals surface area (Å²) in [5.41, 5.74) is -0.0770. The molecular formula is C25H25F4N5O3. The summed E-state index contributed by atoms with van der Waals surface area (Å²) in [7, 11) is 0. The zero-order chi connectivity index (χ0) is 26.5. The van der Waals surface area contributed by atoms with Gasteiger partial charge in [-0.3, -0.25) is 14.4 Å². The number of halogens is 4. The van der Waals surface area contributed by atoms with Crippen molar-refractivity contribution in [1.29, 1.82) is 5.26 Å². The first-order chi connectivity index (χ1) is 17.6. The average Bonchev–Trinajstić information content (AvgIpc) is 3.47. The summed E-state index contributed by atoms with van der Waals surface area (Å²) in [4.78, 5) is 42.8. The van der Waals surface area contributed by atoms with Crippen LogP contribution >= 0.6 is 0 Å². The number of hydrogen-bond donors (Lipinski definition) is 3. The highest BCUT2D eigenvalue weighted by Gasteiger charge is 2.60. The number of aromatic amines is 1. The number of carbonyl (C=O) groups is 3. The van der Waals surface area contributed by atoms with Gasteiger partial charge in [0.1, 0.15) is 17.8 Å². The molecule has 0 spiro atoms. The molecule has 0 radical (unpaired) electrons. The van der Waals surface area contributed by atoms with Gasteiger partial charge in [-0.15, -0.1) is 0 Å². The fourth-order valence-corrected chi connectivity index (χ4v) is 5.98. The standard InChI is InChI=1S/C25H25F4N5O3/c26-21(27)15-2-1-3-18-16(15)9-19(33-18)24(37)34-14-4-5-17(25(28,29)10-14)20(34)23(36)32-13(11-30)8-12-6-7-31-22(12)35/h1-3,9,12-14,17,20-21,33H,4-8,10H2,(H,31,35)(H,32,36)/t12-,13-,14+,17+,20-/m0/s1. The van der Waals surface area contributed by atoms with Gasteiger partial charge in [0.2, 0.25) is 11.8 Å². The molecule has 8 nitrogen and oxygen atoms in total. The van der Waals surface area contributed by atoms with E-state index in [9.17, 15) is 37.2 Å². The normalized spacial score (nSPS) is 27.2. The van der Waals surface area contributed by atoms with E-state index in [2.05, 4.69) is 15.6 Å². The van der Waals surface area contributed by atoms with Crippen molar-refractivity contribution in [3.05, 3.63) is 35.5 Å². The Kier molecular flexibility index (Phi) is 6.33. The zero-order valence-electron chi connectivity index (χ0n) is 19.6. The number of amides is 3. The molecule has 3 N–H and O–H groups in total. The first kappa shape index (κ1) is 25.0. The van der Waals surface area contributed by atoms with E-state index < -0.39 is 60.5 Å². The number of nitriles is 1. The van der Waals surface area contributed by atoms with Crippen molar-refractivity contribution in [2.24, 2.45) is 11.8 Å². The number of rotatable bonds is 6. The Morgan fingerprint density at radius 3 is 2.68 bits per heavy atom. The molecule has 1 aliphatic carbocycles. The van der Waals surface area contributed by atoms with Crippen LogP contribution in [0.15, 0.2) is 24.3 Å². The minimum atomic E-state index is -3.20. The summed E-state index contributed by atoms with van der Waals surface area (Å²) in [6.07, 6.45) is -2.59. The Labute approximate surface area is 209 Å². The highest BCUT2D eigenvalue weighted by Crippen LogP contribution is 2.49. The van der Waals surface area contributed by atoms with Crippen molar-refractivity contribution in [3.8, 4) is 6.07 Å². The van der Waals surface area contributed by atoms with Gasteiger partial charge in [0.25, 0.3) is 18.3 Å². The maximum absolute atomic E-state index is 14.9. The Morgan fingerprint density at radius 2 is 2.03 bits per heavy atom. The lowest BCUT2D eigenvalue weighted by molar-refractivity contribution is -0.179. The van der Waals surface area contributed by atoms with Crippen LogP contribution in [-0.4, -0.2) is 58.2 Å². The summed E-state index contributed by atoms with van der Waals surface area (Å²) < 4.78 is 56.8. The summed E-state index contributed by atoms with van der Waals surface area (Å²) >= 11 is 0. The summed E-state index contributed by atoms with van der Waals surface area (Å²) in [5, 5.41) is 14.8. The van der Waals surface area contributed by atoms with Crippen LogP contribution in [0.25, 0.3) is 10.9 Å². The van der Waals surface area contributed by atoms with Gasteiger partial charge in [0, 0.05) is 41.4 Å². The summed E-state index contributed by atoms with van der Waals surface area (Å²) in [5.74, 6) is -7.02. The lowest BCUT2D eigenvalue weighted by Gasteiger charge is -2.53. The minimum Gasteiger partial charge on any atom is -0.356 e. The molecule has 4 aliphatic rings. The van der Waals surface area contributed by atoms with Crippen molar-refractivity contribution in [2.45, 2.75) is 62.6 Å². The Bertz CT molecular complexity index is 1290. The summed E-state index contributed by atoms with van der Waals surface area (Å²) in [6.45, 7) is 0.453. The van der Waals surface area contributed by atoms with Gasteiger partial charge < -0.3 is 20.5 Å². The number of fused-ring (bicyclic) bond motifs is 4. The van der Waals surface area contributed by atoms with Crippen LogP contribution in [0.1, 0.15) is 54.6 Å². The van der Waals surface area contributed by atoms with Crippen LogP contribution in [0.4, 0.5) is 17.6 Å². The fraction of sp³-hybridized carbons (Fsp3) is 0.520. The molecule has 37 heavy (non-hydrogen) atoms. The molecule has 2 bridgehead atoms. The SMILES string of the molecule is N#C[C@H](C[C@@H]1CCNC1=O)NC(=O)[C@@H]1[C@H]2CC[C@H](CC2(F)F)N1C(=O)c1cc2c(C(F)F)cccc2[nH]1. The number of aromatic nitrogens is 1. The van der Waals surface area contributed by atoms with Gasteiger partial charge in [-0.25, -0.2) is 17.6 Å². The van der Waals surface area contributed by atoms with Gasteiger partial charge in [0.15, 0.2) is 0 Å². The van der Waals surface area contributed by atoms with Gasteiger partial charge in [-0.2, -0.15) is 5.26 Å². The molecule has 2 aromatic rings. The van der Waals surface area contributed by atoms with E-state index in [1.807, 2.05) is 6.07 Å². The van der Waals surface area contributed by atoms with Crippen LogP contribution in [0, 0.1) is 23.2 Å². The van der Waals surface area contributed by atoms with Crippen molar-refractivity contribution in [3.63, 3.8) is 0 Å². The minimum absolute atomic E-state index is 0.0179. The monoisotopic (exact) mass is 519 g/mol. The molecule has 4 heterocycles. The van der Waals surface area contributed by atoms with Crippen LogP contribution in [0.2, 0.25) is 0 Å². The predicted molar refractivity (Wildman–Crippen MR) is 123 cm³/mol. The van der Waals surface area contributed by atoms with E-state index in [1.165, 1.54) is 24.3 Å². The number of hydrogen-bond acceptors (Lipinski definition) is 4. The Hall–Kier alpha value is -3.62. The van der Waals surface area contributed by atoms with Crippen LogP contribution < -0.4 is 10.6 Å². The van der Waals surface area contributed by atoms with E-state index in [-0.39, 0.29) is 47.3 Å². The third kappa shape index (κ3) is 4.40. The predicted octanol–water partition coefficient (Wildman–Crippen LogP) is 3.27. The smallest absolute Gasteiger partial charge is 0.271 e. The highest BCUT2D eigenvalue weighted by atomic mass is 19.3. The molecule has 6 rings (SSSR count). The maximum Gasteiger partial charge on any atom is 0.271 e. The number of carbonyl (C=O) groups excluding carboxylic acids is 3. The quantitative estimate of drug-likeness (QED) is 0.508. The van der Waals surface area contributed by atoms with Crippen LogP contribution in [0.3, 0.4) is 0 Å². The number of nitrogens with one attached hydrogen (secondary N) is 3. The molecule has 3 aliphatic heterocycles. The topological polar surface area (TPSA) is 118 Å². The number of alkyl halides is 4. The van der Waals surface area contributed by atoms with E-state index in [4.69, 9.17) is 0 Å².